The standard InChI is InChI=1S/C9H9F3N2O2/c1-16-7(15)2-3-13-9-6(11)4-5(10)8(12)14-9/h4H,2-3H2,1H3,(H,13,14). The maximum atomic E-state index is 13.0. The summed E-state index contributed by atoms with van der Waals surface area (Å²) >= 11 is 0. The van der Waals surface area contributed by atoms with Crippen molar-refractivity contribution >= 4 is 11.8 Å². The van der Waals surface area contributed by atoms with Crippen molar-refractivity contribution in [3.63, 3.8) is 0 Å². The van der Waals surface area contributed by atoms with Gasteiger partial charge in [0.05, 0.1) is 13.5 Å². The van der Waals surface area contributed by atoms with Crippen LogP contribution in [0.15, 0.2) is 6.07 Å². The molecule has 4 nitrogen and oxygen atoms in total. The van der Waals surface area contributed by atoms with Gasteiger partial charge in [0, 0.05) is 12.6 Å². The average molecular weight is 234 g/mol. The molecule has 0 bridgehead atoms. The lowest BCUT2D eigenvalue weighted by atomic mass is 10.4. The summed E-state index contributed by atoms with van der Waals surface area (Å²) in [6.07, 6.45) is -0.0311. The summed E-state index contributed by atoms with van der Waals surface area (Å²) < 4.78 is 42.4. The molecule has 0 aliphatic heterocycles. The maximum Gasteiger partial charge on any atom is 0.307 e. The normalized spacial score (nSPS) is 10.0. The lowest BCUT2D eigenvalue weighted by Crippen LogP contribution is -2.12. The Hall–Kier alpha value is -1.79. The van der Waals surface area contributed by atoms with Crippen LogP contribution in [0.25, 0.3) is 0 Å². The minimum atomic E-state index is -1.40. The Labute approximate surface area is 89.4 Å². The Balaban J connectivity index is 2.60. The van der Waals surface area contributed by atoms with Gasteiger partial charge in [-0.2, -0.15) is 9.37 Å². The second kappa shape index (κ2) is 5.34. The lowest BCUT2D eigenvalue weighted by Gasteiger charge is -2.05. The molecule has 0 fully saturated rings. The van der Waals surface area contributed by atoms with Crippen LogP contribution in [0.5, 0.6) is 0 Å². The second-order valence-electron chi connectivity index (χ2n) is 2.84. The van der Waals surface area contributed by atoms with Gasteiger partial charge >= 0.3 is 5.97 Å². The highest BCUT2D eigenvalue weighted by Gasteiger charge is 2.11. The molecule has 1 aromatic rings. The van der Waals surface area contributed by atoms with Crippen molar-refractivity contribution in [3.8, 4) is 0 Å². The van der Waals surface area contributed by atoms with E-state index in [0.717, 1.165) is 0 Å². The largest absolute Gasteiger partial charge is 0.469 e. The zero-order chi connectivity index (χ0) is 12.1. The lowest BCUT2D eigenvalue weighted by molar-refractivity contribution is -0.140. The van der Waals surface area contributed by atoms with E-state index < -0.39 is 29.4 Å². The van der Waals surface area contributed by atoms with E-state index in [-0.39, 0.29) is 13.0 Å². The Kier molecular flexibility index (Phi) is 4.10. The Bertz CT molecular complexity index is 399. The van der Waals surface area contributed by atoms with Gasteiger partial charge in [-0.3, -0.25) is 4.79 Å². The molecule has 1 aromatic heterocycles. The monoisotopic (exact) mass is 234 g/mol. The number of halogens is 3. The predicted octanol–water partition coefficient (Wildman–Crippen LogP) is 1.47. The molecule has 7 heteroatoms. The highest BCUT2D eigenvalue weighted by atomic mass is 19.2. The van der Waals surface area contributed by atoms with Gasteiger partial charge in [-0.15, -0.1) is 0 Å². The molecule has 88 valence electrons. The van der Waals surface area contributed by atoms with Gasteiger partial charge in [-0.25, -0.2) is 8.78 Å². The highest BCUT2D eigenvalue weighted by Crippen LogP contribution is 2.13. The van der Waals surface area contributed by atoms with Crippen LogP contribution in [-0.2, 0) is 9.53 Å². The first-order valence-electron chi connectivity index (χ1n) is 4.37. The second-order valence-corrected chi connectivity index (χ2v) is 2.84. The van der Waals surface area contributed by atoms with E-state index in [1.54, 1.807) is 0 Å². The van der Waals surface area contributed by atoms with Crippen molar-refractivity contribution < 1.29 is 22.7 Å². The van der Waals surface area contributed by atoms with Crippen molar-refractivity contribution in [2.45, 2.75) is 6.42 Å². The number of pyridine rings is 1. The summed E-state index contributed by atoms with van der Waals surface area (Å²) in [7, 11) is 1.21. The van der Waals surface area contributed by atoms with Gasteiger partial charge in [-0.1, -0.05) is 0 Å². The number of hydrogen-bond acceptors (Lipinski definition) is 4. The number of carbonyl (C=O) groups is 1. The Morgan fingerprint density at radius 1 is 1.44 bits per heavy atom. The summed E-state index contributed by atoms with van der Waals surface area (Å²) in [5.74, 6) is -4.74. The van der Waals surface area contributed by atoms with E-state index in [9.17, 15) is 18.0 Å². The van der Waals surface area contributed by atoms with E-state index in [1.807, 2.05) is 0 Å². The fraction of sp³-hybridized carbons (Fsp3) is 0.333. The number of anilines is 1. The van der Waals surface area contributed by atoms with Crippen LogP contribution in [0.3, 0.4) is 0 Å². The number of esters is 1. The van der Waals surface area contributed by atoms with Crippen LogP contribution in [0, 0.1) is 17.6 Å². The van der Waals surface area contributed by atoms with E-state index in [4.69, 9.17) is 0 Å². The van der Waals surface area contributed by atoms with Crippen molar-refractivity contribution in [1.29, 1.82) is 0 Å². The Morgan fingerprint density at radius 3 is 2.75 bits per heavy atom. The number of ether oxygens (including phenoxy) is 1. The third kappa shape index (κ3) is 3.11. The van der Waals surface area contributed by atoms with Gasteiger partial charge in [0.2, 0.25) is 0 Å². The number of rotatable bonds is 4. The van der Waals surface area contributed by atoms with Crippen LogP contribution in [0.2, 0.25) is 0 Å². The smallest absolute Gasteiger partial charge is 0.307 e. The number of carbonyl (C=O) groups excluding carboxylic acids is 1. The molecule has 1 rings (SSSR count). The molecule has 0 aliphatic carbocycles. The van der Waals surface area contributed by atoms with Gasteiger partial charge in [0.25, 0.3) is 5.95 Å². The molecule has 0 spiro atoms. The molecule has 1 N–H and O–H groups in total. The van der Waals surface area contributed by atoms with Crippen molar-refractivity contribution in [1.82, 2.24) is 4.98 Å². The molecule has 0 saturated carbocycles. The fourth-order valence-electron chi connectivity index (χ4n) is 0.953. The molecular formula is C9H9F3N2O2. The molecule has 16 heavy (non-hydrogen) atoms. The molecule has 0 aromatic carbocycles. The van der Waals surface area contributed by atoms with Crippen LogP contribution in [0.1, 0.15) is 6.42 Å². The number of nitrogens with zero attached hydrogens (tertiary/aromatic N) is 1. The number of nitrogens with one attached hydrogen (secondary N) is 1. The molecule has 0 saturated heterocycles. The molecule has 0 radical (unpaired) electrons. The first-order valence-corrected chi connectivity index (χ1v) is 4.37. The van der Waals surface area contributed by atoms with E-state index in [2.05, 4.69) is 15.0 Å². The summed E-state index contributed by atoms with van der Waals surface area (Å²) in [6, 6.07) is 0.378. The zero-order valence-corrected chi connectivity index (χ0v) is 8.39. The summed E-state index contributed by atoms with van der Waals surface area (Å²) in [5, 5.41) is 2.35. The average Bonchev–Trinajstić information content (AvgIpc) is 2.25. The molecule has 1 heterocycles. The van der Waals surface area contributed by atoms with Crippen LogP contribution < -0.4 is 5.32 Å². The topological polar surface area (TPSA) is 51.2 Å². The number of aromatic nitrogens is 1. The van der Waals surface area contributed by atoms with E-state index >= 15 is 0 Å². The van der Waals surface area contributed by atoms with Gasteiger partial charge in [0.1, 0.15) is 0 Å². The molecule has 0 unspecified atom stereocenters. The number of methoxy groups -OCH3 is 1. The van der Waals surface area contributed by atoms with Gasteiger partial charge < -0.3 is 10.1 Å². The summed E-state index contributed by atoms with van der Waals surface area (Å²) in [5.41, 5.74) is 0. The van der Waals surface area contributed by atoms with Gasteiger partial charge in [-0.05, 0) is 0 Å². The van der Waals surface area contributed by atoms with Crippen molar-refractivity contribution in [2.24, 2.45) is 0 Å². The maximum absolute atomic E-state index is 13.0. The molecular weight excluding hydrogens is 225 g/mol. The molecule has 0 aliphatic rings. The molecule has 0 atom stereocenters. The van der Waals surface area contributed by atoms with Crippen LogP contribution >= 0.6 is 0 Å². The van der Waals surface area contributed by atoms with Crippen molar-refractivity contribution in [2.75, 3.05) is 19.0 Å². The first-order chi connectivity index (χ1) is 7.54. The minimum Gasteiger partial charge on any atom is -0.469 e. The zero-order valence-electron chi connectivity index (χ0n) is 8.39. The van der Waals surface area contributed by atoms with E-state index in [0.29, 0.717) is 6.07 Å². The minimum absolute atomic E-state index is 0.0155. The van der Waals surface area contributed by atoms with Crippen LogP contribution in [-0.4, -0.2) is 24.6 Å². The fourth-order valence-corrected chi connectivity index (χ4v) is 0.953. The highest BCUT2D eigenvalue weighted by molar-refractivity contribution is 5.69. The van der Waals surface area contributed by atoms with Crippen molar-refractivity contribution in [3.05, 3.63) is 23.6 Å². The number of hydrogen-bond donors (Lipinski definition) is 1. The first kappa shape index (κ1) is 12.3. The SMILES string of the molecule is COC(=O)CCNc1nc(F)c(F)cc1F. The Morgan fingerprint density at radius 2 is 2.12 bits per heavy atom. The third-order valence-corrected chi connectivity index (χ3v) is 1.74. The molecule has 0 amide bonds. The quantitative estimate of drug-likeness (QED) is 0.633. The van der Waals surface area contributed by atoms with E-state index in [1.165, 1.54) is 7.11 Å². The van der Waals surface area contributed by atoms with Crippen LogP contribution in [0.4, 0.5) is 19.0 Å². The predicted molar refractivity (Wildman–Crippen MR) is 49.2 cm³/mol. The summed E-state index contributed by atoms with van der Waals surface area (Å²) in [6.45, 7) is 0.0155. The summed E-state index contributed by atoms with van der Waals surface area (Å²) in [4.78, 5) is 13.7. The third-order valence-electron chi connectivity index (χ3n) is 1.74. The van der Waals surface area contributed by atoms with Gasteiger partial charge in [0.15, 0.2) is 17.5 Å².